The minimum absolute atomic E-state index is 0.134. The number of benzene rings is 2. The summed E-state index contributed by atoms with van der Waals surface area (Å²) in [7, 11) is 0. The van der Waals surface area contributed by atoms with E-state index in [0.29, 0.717) is 29.0 Å². The summed E-state index contributed by atoms with van der Waals surface area (Å²) in [5.41, 5.74) is 2.02. The van der Waals surface area contributed by atoms with Crippen molar-refractivity contribution in [3.63, 3.8) is 0 Å². The second kappa shape index (κ2) is 9.94. The van der Waals surface area contributed by atoms with Crippen molar-refractivity contribution < 1.29 is 27.4 Å². The molecule has 2 heterocycles. The standard InChI is InChI=1S/C24H21F3N6O3/c1-14-12-15(2)33(32-14)21-13-22(29-16(3)28-21)35-18-10-8-17(9-11-18)30-23(34)31-19-6-4-5-7-20(19)36-24(25,26)27/h4-13H,1-3H3,(H2,30,31,34). The molecule has 0 saturated heterocycles. The number of hydrogen-bond donors (Lipinski definition) is 2. The van der Waals surface area contributed by atoms with Gasteiger partial charge in [0.2, 0.25) is 5.88 Å². The fraction of sp³-hybridized carbons (Fsp3) is 0.167. The van der Waals surface area contributed by atoms with Gasteiger partial charge in [-0.25, -0.2) is 14.5 Å². The van der Waals surface area contributed by atoms with Gasteiger partial charge < -0.3 is 20.1 Å². The summed E-state index contributed by atoms with van der Waals surface area (Å²) in [6.45, 7) is 5.55. The molecule has 2 aromatic carbocycles. The Labute approximate surface area is 203 Å². The average Bonchev–Trinajstić information content (AvgIpc) is 3.13. The summed E-state index contributed by atoms with van der Waals surface area (Å²) in [4.78, 5) is 21.0. The highest BCUT2D eigenvalue weighted by atomic mass is 19.4. The molecule has 4 rings (SSSR count). The number of aromatic nitrogens is 4. The maximum absolute atomic E-state index is 12.6. The fourth-order valence-electron chi connectivity index (χ4n) is 3.34. The van der Waals surface area contributed by atoms with Crippen molar-refractivity contribution in [1.29, 1.82) is 0 Å². The van der Waals surface area contributed by atoms with Crippen molar-refractivity contribution in [2.24, 2.45) is 0 Å². The van der Waals surface area contributed by atoms with Crippen LogP contribution in [0.5, 0.6) is 17.4 Å². The van der Waals surface area contributed by atoms with Gasteiger partial charge >= 0.3 is 12.4 Å². The van der Waals surface area contributed by atoms with Crippen molar-refractivity contribution in [3.8, 4) is 23.2 Å². The Morgan fingerprint density at radius 1 is 0.944 bits per heavy atom. The number of anilines is 2. The third kappa shape index (κ3) is 6.29. The van der Waals surface area contributed by atoms with Crippen LogP contribution in [0.2, 0.25) is 0 Å². The molecule has 0 aliphatic heterocycles. The van der Waals surface area contributed by atoms with Gasteiger partial charge in [-0.1, -0.05) is 12.1 Å². The number of urea groups is 1. The van der Waals surface area contributed by atoms with Crippen LogP contribution in [0, 0.1) is 20.8 Å². The molecule has 2 amide bonds. The molecule has 0 unspecified atom stereocenters. The first kappa shape index (κ1) is 24.5. The molecule has 12 heteroatoms. The summed E-state index contributed by atoms with van der Waals surface area (Å²) in [5.74, 6) is 1.29. The summed E-state index contributed by atoms with van der Waals surface area (Å²) in [6.07, 6.45) is -4.89. The zero-order valence-corrected chi connectivity index (χ0v) is 19.4. The van der Waals surface area contributed by atoms with E-state index in [9.17, 15) is 18.0 Å². The van der Waals surface area contributed by atoms with Gasteiger partial charge in [-0.05, 0) is 63.2 Å². The number of para-hydroxylation sites is 2. The van der Waals surface area contributed by atoms with E-state index >= 15 is 0 Å². The van der Waals surface area contributed by atoms with Crippen LogP contribution in [0.25, 0.3) is 5.82 Å². The Morgan fingerprint density at radius 3 is 2.33 bits per heavy atom. The van der Waals surface area contributed by atoms with E-state index in [2.05, 4.69) is 30.4 Å². The van der Waals surface area contributed by atoms with E-state index in [4.69, 9.17) is 4.74 Å². The molecule has 0 spiro atoms. The Kier molecular flexibility index (Phi) is 6.77. The molecule has 186 valence electrons. The van der Waals surface area contributed by atoms with E-state index in [1.165, 1.54) is 18.2 Å². The molecule has 4 aromatic rings. The monoisotopic (exact) mass is 498 g/mol. The first-order chi connectivity index (χ1) is 17.1. The van der Waals surface area contributed by atoms with E-state index in [1.807, 2.05) is 19.9 Å². The van der Waals surface area contributed by atoms with Gasteiger partial charge in [-0.3, -0.25) is 0 Å². The van der Waals surface area contributed by atoms with Crippen LogP contribution in [0.1, 0.15) is 17.2 Å². The third-order valence-corrected chi connectivity index (χ3v) is 4.72. The van der Waals surface area contributed by atoms with Crippen molar-refractivity contribution in [2.45, 2.75) is 27.1 Å². The SMILES string of the molecule is Cc1cc(C)n(-c2cc(Oc3ccc(NC(=O)Nc4ccccc4OC(F)(F)F)cc3)nc(C)n2)n1. The van der Waals surface area contributed by atoms with E-state index in [-0.39, 0.29) is 5.69 Å². The Hall–Kier alpha value is -4.61. The van der Waals surface area contributed by atoms with Crippen molar-refractivity contribution in [2.75, 3.05) is 10.6 Å². The lowest BCUT2D eigenvalue weighted by atomic mass is 10.3. The normalized spacial score (nSPS) is 11.2. The molecule has 0 saturated carbocycles. The highest BCUT2D eigenvalue weighted by Crippen LogP contribution is 2.30. The highest BCUT2D eigenvalue weighted by molar-refractivity contribution is 6.00. The maximum atomic E-state index is 12.6. The number of carbonyl (C=O) groups is 1. The van der Waals surface area contributed by atoms with Gasteiger partial charge in [0, 0.05) is 17.4 Å². The average molecular weight is 498 g/mol. The Morgan fingerprint density at radius 2 is 1.67 bits per heavy atom. The number of halogens is 3. The largest absolute Gasteiger partial charge is 0.573 e. The van der Waals surface area contributed by atoms with Crippen LogP contribution in [-0.2, 0) is 0 Å². The van der Waals surface area contributed by atoms with Crippen LogP contribution in [0.15, 0.2) is 60.7 Å². The van der Waals surface area contributed by atoms with E-state index in [0.717, 1.165) is 17.5 Å². The lowest BCUT2D eigenvalue weighted by molar-refractivity contribution is -0.274. The molecule has 36 heavy (non-hydrogen) atoms. The van der Waals surface area contributed by atoms with Crippen LogP contribution >= 0.6 is 0 Å². The number of nitrogens with one attached hydrogen (secondary N) is 2. The molecule has 9 nitrogen and oxygen atoms in total. The predicted octanol–water partition coefficient (Wildman–Crippen LogP) is 5.92. The minimum Gasteiger partial charge on any atom is -0.439 e. The van der Waals surface area contributed by atoms with Crippen LogP contribution in [0.4, 0.5) is 29.3 Å². The number of aryl methyl sites for hydroxylation is 3. The topological polar surface area (TPSA) is 103 Å². The number of carbonyl (C=O) groups excluding carboxylic acids is 1. The summed E-state index contributed by atoms with van der Waals surface area (Å²) < 4.78 is 49.2. The smallest absolute Gasteiger partial charge is 0.439 e. The molecule has 0 atom stereocenters. The van der Waals surface area contributed by atoms with Gasteiger partial charge in [0.05, 0.1) is 11.4 Å². The number of nitrogens with zero attached hydrogens (tertiary/aromatic N) is 4. The first-order valence-electron chi connectivity index (χ1n) is 10.7. The molecule has 0 fully saturated rings. The summed E-state index contributed by atoms with van der Waals surface area (Å²) in [6, 6.07) is 14.4. The number of amides is 2. The molecule has 2 N–H and O–H groups in total. The van der Waals surface area contributed by atoms with Gasteiger partial charge in [0.25, 0.3) is 0 Å². The number of alkyl halides is 3. The maximum Gasteiger partial charge on any atom is 0.573 e. The molecule has 0 radical (unpaired) electrons. The molecule has 2 aromatic heterocycles. The zero-order valence-electron chi connectivity index (χ0n) is 19.4. The molecule has 0 aliphatic carbocycles. The van der Waals surface area contributed by atoms with Crippen molar-refractivity contribution in [1.82, 2.24) is 19.7 Å². The second-order valence-corrected chi connectivity index (χ2v) is 7.70. The van der Waals surface area contributed by atoms with E-state index in [1.54, 1.807) is 41.9 Å². The summed E-state index contributed by atoms with van der Waals surface area (Å²) >= 11 is 0. The Bertz CT molecular complexity index is 1390. The van der Waals surface area contributed by atoms with Crippen LogP contribution in [0.3, 0.4) is 0 Å². The third-order valence-electron chi connectivity index (χ3n) is 4.72. The molecular formula is C24H21F3N6O3. The number of ether oxygens (including phenoxy) is 2. The van der Waals surface area contributed by atoms with Gasteiger partial charge in [-0.15, -0.1) is 13.2 Å². The minimum atomic E-state index is -4.89. The molecule has 0 aliphatic rings. The van der Waals surface area contributed by atoms with E-state index < -0.39 is 18.1 Å². The van der Waals surface area contributed by atoms with Crippen LogP contribution in [-0.4, -0.2) is 32.1 Å². The lowest BCUT2D eigenvalue weighted by Crippen LogP contribution is -2.22. The Balaban J connectivity index is 1.42. The van der Waals surface area contributed by atoms with Gasteiger partial charge in [0.1, 0.15) is 11.6 Å². The summed E-state index contributed by atoms with van der Waals surface area (Å²) in [5, 5.41) is 9.30. The molecular weight excluding hydrogens is 477 g/mol. The second-order valence-electron chi connectivity index (χ2n) is 7.70. The van der Waals surface area contributed by atoms with Gasteiger partial charge in [-0.2, -0.15) is 10.1 Å². The van der Waals surface area contributed by atoms with Crippen molar-refractivity contribution in [3.05, 3.63) is 77.9 Å². The zero-order chi connectivity index (χ0) is 25.9. The van der Waals surface area contributed by atoms with Crippen LogP contribution < -0.4 is 20.1 Å². The predicted molar refractivity (Wildman–Crippen MR) is 126 cm³/mol. The fourth-order valence-corrected chi connectivity index (χ4v) is 3.34. The highest BCUT2D eigenvalue weighted by Gasteiger charge is 2.32. The first-order valence-corrected chi connectivity index (χ1v) is 10.7. The number of rotatable bonds is 6. The lowest BCUT2D eigenvalue weighted by Gasteiger charge is -2.14. The van der Waals surface area contributed by atoms with Gasteiger partial charge in [0.15, 0.2) is 11.6 Å². The quantitative estimate of drug-likeness (QED) is 0.342. The number of hydrogen-bond acceptors (Lipinski definition) is 6. The van der Waals surface area contributed by atoms with Crippen molar-refractivity contribution >= 4 is 17.4 Å². The molecule has 0 bridgehead atoms.